The van der Waals surface area contributed by atoms with E-state index >= 15 is 0 Å². The summed E-state index contributed by atoms with van der Waals surface area (Å²) in [7, 11) is 0. The van der Waals surface area contributed by atoms with Crippen molar-refractivity contribution in [1.29, 1.82) is 0 Å². The van der Waals surface area contributed by atoms with Gasteiger partial charge in [0.2, 0.25) is 0 Å². The number of aromatic nitrogens is 1. The summed E-state index contributed by atoms with van der Waals surface area (Å²) in [5, 5.41) is 9.74. The minimum absolute atomic E-state index is 0.179. The van der Waals surface area contributed by atoms with Gasteiger partial charge in [-0.2, -0.15) is 13.2 Å². The first-order chi connectivity index (χ1) is 16.3. The van der Waals surface area contributed by atoms with Crippen LogP contribution in [0.2, 0.25) is 0 Å². The summed E-state index contributed by atoms with van der Waals surface area (Å²) in [5.74, 6) is -1.28. The van der Waals surface area contributed by atoms with Crippen LogP contribution in [0.5, 0.6) is 0 Å². The molecular weight excluding hydrogens is 445 g/mol. The summed E-state index contributed by atoms with van der Waals surface area (Å²) in [4.78, 5) is 18.3. The fraction of sp³-hybridized carbons (Fsp3) is 0.538. The van der Waals surface area contributed by atoms with Crippen molar-refractivity contribution >= 4 is 5.97 Å². The Balaban J connectivity index is 1.26. The standard InChI is InChI=1S/C26H31F3N2O3/c27-26(28,29)22-10-3-2-9-21(22)24(25(32)33)31-15-14-20(17-31)34-16-6-5-8-19-13-12-18-7-1-4-11-23(18)30-19/h2-3,9-10,12-13,20,24H,1,4-8,11,14-17H2,(H,32,33)/t20-,24-/m1/s1. The number of ether oxygens (including phenoxy) is 1. The van der Waals surface area contributed by atoms with Crippen LogP contribution < -0.4 is 0 Å². The fourth-order valence-corrected chi connectivity index (χ4v) is 5.03. The molecule has 34 heavy (non-hydrogen) atoms. The van der Waals surface area contributed by atoms with Crippen molar-refractivity contribution in [3.05, 3.63) is 64.5 Å². The smallest absolute Gasteiger partial charge is 0.416 e. The molecule has 0 amide bonds. The summed E-state index contributed by atoms with van der Waals surface area (Å²) < 4.78 is 46.3. The molecule has 1 saturated heterocycles. The molecule has 0 bridgehead atoms. The van der Waals surface area contributed by atoms with Crippen LogP contribution in [0.3, 0.4) is 0 Å². The Labute approximate surface area is 197 Å². The van der Waals surface area contributed by atoms with Gasteiger partial charge < -0.3 is 9.84 Å². The van der Waals surface area contributed by atoms with Crippen molar-refractivity contribution in [3.63, 3.8) is 0 Å². The molecule has 1 aromatic carbocycles. The predicted molar refractivity (Wildman–Crippen MR) is 122 cm³/mol. The summed E-state index contributed by atoms with van der Waals surface area (Å²) in [6, 6.07) is 7.89. The van der Waals surface area contributed by atoms with Crippen molar-refractivity contribution in [2.45, 2.75) is 69.7 Å². The number of unbranched alkanes of at least 4 members (excludes halogenated alkanes) is 1. The largest absolute Gasteiger partial charge is 0.480 e. The molecule has 1 N–H and O–H groups in total. The summed E-state index contributed by atoms with van der Waals surface area (Å²) in [5.41, 5.74) is 2.61. The van der Waals surface area contributed by atoms with Gasteiger partial charge >= 0.3 is 12.1 Å². The third-order valence-corrected chi connectivity index (χ3v) is 6.75. The van der Waals surface area contributed by atoms with Gasteiger partial charge in [-0.15, -0.1) is 0 Å². The minimum Gasteiger partial charge on any atom is -0.480 e. The van der Waals surface area contributed by atoms with Gasteiger partial charge in [0.15, 0.2) is 0 Å². The quantitative estimate of drug-likeness (QED) is 0.503. The lowest BCUT2D eigenvalue weighted by molar-refractivity contribution is -0.145. The maximum absolute atomic E-state index is 13.4. The second kappa shape index (κ2) is 10.9. The second-order valence-corrected chi connectivity index (χ2v) is 9.17. The molecule has 2 heterocycles. The molecule has 0 radical (unpaired) electrons. The average molecular weight is 477 g/mol. The number of nitrogens with zero attached hydrogens (tertiary/aromatic N) is 2. The Kier molecular flexibility index (Phi) is 7.88. The molecule has 0 spiro atoms. The van der Waals surface area contributed by atoms with Crippen LogP contribution >= 0.6 is 0 Å². The van der Waals surface area contributed by atoms with Crippen LogP contribution in [0.25, 0.3) is 0 Å². The molecule has 0 saturated carbocycles. The number of hydrogen-bond acceptors (Lipinski definition) is 4. The number of carboxylic acid groups (broad SMARTS) is 1. The van der Waals surface area contributed by atoms with Crippen molar-refractivity contribution in [1.82, 2.24) is 9.88 Å². The van der Waals surface area contributed by atoms with Gasteiger partial charge in [-0.3, -0.25) is 14.7 Å². The number of hydrogen-bond donors (Lipinski definition) is 1. The highest BCUT2D eigenvalue weighted by molar-refractivity contribution is 5.76. The van der Waals surface area contributed by atoms with E-state index in [1.165, 1.54) is 42.3 Å². The Morgan fingerprint density at radius 1 is 1.15 bits per heavy atom. The van der Waals surface area contributed by atoms with Crippen LogP contribution in [-0.2, 0) is 35.0 Å². The Morgan fingerprint density at radius 2 is 1.94 bits per heavy atom. The molecule has 2 aromatic rings. The van der Waals surface area contributed by atoms with Crippen LogP contribution in [-0.4, -0.2) is 46.8 Å². The summed E-state index contributed by atoms with van der Waals surface area (Å²) in [6.07, 6.45) is 3.15. The van der Waals surface area contributed by atoms with Gasteiger partial charge in [-0.25, -0.2) is 0 Å². The highest BCUT2D eigenvalue weighted by atomic mass is 19.4. The third kappa shape index (κ3) is 5.96. The van der Waals surface area contributed by atoms with Crippen LogP contribution in [0.1, 0.15) is 66.2 Å². The zero-order chi connectivity index (χ0) is 24.1. The highest BCUT2D eigenvalue weighted by Gasteiger charge is 2.40. The zero-order valence-corrected chi connectivity index (χ0v) is 19.2. The Hall–Kier alpha value is -2.45. The van der Waals surface area contributed by atoms with Crippen molar-refractivity contribution < 1.29 is 27.8 Å². The normalized spacial score (nSPS) is 19.7. The summed E-state index contributed by atoms with van der Waals surface area (Å²) >= 11 is 0. The van der Waals surface area contributed by atoms with E-state index in [4.69, 9.17) is 9.72 Å². The molecule has 1 aliphatic heterocycles. The Bertz CT molecular complexity index is 995. The van der Waals surface area contributed by atoms with Gasteiger partial charge in [0.05, 0.1) is 11.7 Å². The number of likely N-dealkylation sites (tertiary alicyclic amines) is 1. The topological polar surface area (TPSA) is 62.7 Å². The van der Waals surface area contributed by atoms with Gasteiger partial charge in [-0.05, 0) is 74.6 Å². The number of aliphatic carboxylic acids is 1. The number of alkyl halides is 3. The van der Waals surface area contributed by atoms with E-state index in [2.05, 4.69) is 12.1 Å². The molecule has 5 nitrogen and oxygen atoms in total. The number of rotatable bonds is 9. The maximum atomic E-state index is 13.4. The first-order valence-corrected chi connectivity index (χ1v) is 12.0. The Morgan fingerprint density at radius 3 is 2.74 bits per heavy atom. The van der Waals surface area contributed by atoms with Gasteiger partial charge in [0.1, 0.15) is 6.04 Å². The first kappa shape index (κ1) is 24.7. The minimum atomic E-state index is -4.60. The monoisotopic (exact) mass is 476 g/mol. The van der Waals surface area contributed by atoms with Gasteiger partial charge in [0, 0.05) is 31.1 Å². The maximum Gasteiger partial charge on any atom is 0.416 e. The van der Waals surface area contributed by atoms with Crippen LogP contribution in [0, 0.1) is 0 Å². The molecule has 4 rings (SSSR count). The number of pyridine rings is 1. The van der Waals surface area contributed by atoms with E-state index in [0.29, 0.717) is 26.1 Å². The van der Waals surface area contributed by atoms with Crippen molar-refractivity contribution in [2.24, 2.45) is 0 Å². The zero-order valence-electron chi connectivity index (χ0n) is 19.2. The molecular formula is C26H31F3N2O3. The number of benzene rings is 1. The number of carboxylic acids is 1. The lowest BCUT2D eigenvalue weighted by Crippen LogP contribution is -2.34. The molecule has 2 atom stereocenters. The average Bonchev–Trinajstić information content (AvgIpc) is 3.26. The first-order valence-electron chi connectivity index (χ1n) is 12.0. The van der Waals surface area contributed by atoms with Gasteiger partial charge in [-0.1, -0.05) is 24.3 Å². The van der Waals surface area contributed by atoms with E-state index in [9.17, 15) is 23.1 Å². The molecule has 1 fully saturated rings. The van der Waals surface area contributed by atoms with E-state index in [0.717, 1.165) is 43.9 Å². The molecule has 0 unspecified atom stereocenters. The third-order valence-electron chi connectivity index (χ3n) is 6.75. The lowest BCUT2D eigenvalue weighted by atomic mass is 9.95. The van der Waals surface area contributed by atoms with Gasteiger partial charge in [0.25, 0.3) is 0 Å². The summed E-state index contributed by atoms with van der Waals surface area (Å²) in [6.45, 7) is 1.22. The van der Waals surface area contributed by atoms with E-state index in [-0.39, 0.29) is 11.7 Å². The van der Waals surface area contributed by atoms with Crippen molar-refractivity contribution in [3.8, 4) is 0 Å². The second-order valence-electron chi connectivity index (χ2n) is 9.17. The number of halogens is 3. The molecule has 184 valence electrons. The predicted octanol–water partition coefficient (Wildman–Crippen LogP) is 5.22. The number of fused-ring (bicyclic) bond motifs is 1. The van der Waals surface area contributed by atoms with Crippen LogP contribution in [0.4, 0.5) is 13.2 Å². The lowest BCUT2D eigenvalue weighted by Gasteiger charge is -2.27. The van der Waals surface area contributed by atoms with E-state index < -0.39 is 23.8 Å². The SMILES string of the molecule is O=C(O)[C@@H](c1ccccc1C(F)(F)F)N1CC[C@@H](OCCCCc2ccc3c(n2)CCCC3)C1. The molecule has 8 heteroatoms. The molecule has 1 aliphatic carbocycles. The fourth-order valence-electron chi connectivity index (χ4n) is 5.03. The number of carbonyl (C=O) groups is 1. The van der Waals surface area contributed by atoms with E-state index in [1.807, 2.05) is 0 Å². The highest BCUT2D eigenvalue weighted by Crippen LogP contribution is 2.37. The van der Waals surface area contributed by atoms with Crippen molar-refractivity contribution in [2.75, 3.05) is 19.7 Å². The molecule has 1 aromatic heterocycles. The molecule has 2 aliphatic rings. The number of aryl methyl sites for hydroxylation is 3. The van der Waals surface area contributed by atoms with E-state index in [1.54, 1.807) is 4.90 Å². The van der Waals surface area contributed by atoms with Crippen LogP contribution in [0.15, 0.2) is 36.4 Å².